The number of Topliss-reactive ketones (excluding diaryl/α,β-unsaturated/α-hetero) is 1. The first kappa shape index (κ1) is 26.8. The molecule has 5 rings (SSSR count). The Labute approximate surface area is 232 Å². The predicted molar refractivity (Wildman–Crippen MR) is 154 cm³/mol. The molecular weight excluding hydrogens is 506 g/mol. The number of amides is 3. The highest BCUT2D eigenvalue weighted by Crippen LogP contribution is 2.27. The Hall–Kier alpha value is -4.79. The zero-order valence-corrected chi connectivity index (χ0v) is 22.6. The van der Waals surface area contributed by atoms with Crippen LogP contribution in [0.2, 0.25) is 0 Å². The Morgan fingerprint density at radius 2 is 1.68 bits per heavy atom. The van der Waals surface area contributed by atoms with Crippen LogP contribution in [0.4, 0.5) is 11.6 Å². The fourth-order valence-electron chi connectivity index (χ4n) is 4.95. The van der Waals surface area contributed by atoms with Gasteiger partial charge in [-0.3, -0.25) is 24.5 Å². The van der Waals surface area contributed by atoms with Crippen molar-refractivity contribution in [1.29, 1.82) is 0 Å². The van der Waals surface area contributed by atoms with E-state index < -0.39 is 0 Å². The number of aryl methyl sites for hydroxylation is 1. The van der Waals surface area contributed by atoms with Crippen LogP contribution >= 0.6 is 0 Å². The standard InChI is InChI=1S/C31H31N5O4/c1-21(37)23-11-6-12-24(19-23)29(39)33-31-32-26-20-25(34(2)30(40)22-9-4-3-5-10-22)14-15-27(26)36(31)18-8-17-35-16-7-13-28(35)38/h3-6,9-12,14-15,19-20H,7-8,13,16-18H2,1-2H3,(H,32,33,39). The number of hydrogen-bond donors (Lipinski definition) is 1. The van der Waals surface area contributed by atoms with Gasteiger partial charge >= 0.3 is 0 Å². The van der Waals surface area contributed by atoms with Crippen molar-refractivity contribution in [2.45, 2.75) is 32.7 Å². The van der Waals surface area contributed by atoms with Gasteiger partial charge in [-0.1, -0.05) is 30.3 Å². The summed E-state index contributed by atoms with van der Waals surface area (Å²) >= 11 is 0. The number of nitrogens with one attached hydrogen (secondary N) is 1. The molecule has 0 radical (unpaired) electrons. The molecule has 9 nitrogen and oxygen atoms in total. The molecule has 1 aromatic heterocycles. The third-order valence-electron chi connectivity index (χ3n) is 7.18. The third kappa shape index (κ3) is 5.63. The summed E-state index contributed by atoms with van der Waals surface area (Å²) in [6, 6.07) is 21.2. The lowest BCUT2D eigenvalue weighted by atomic mass is 10.1. The van der Waals surface area contributed by atoms with Crippen LogP contribution in [0.3, 0.4) is 0 Å². The van der Waals surface area contributed by atoms with Crippen LogP contribution in [0.5, 0.6) is 0 Å². The first-order chi connectivity index (χ1) is 19.3. The van der Waals surface area contributed by atoms with Gasteiger partial charge in [0.05, 0.1) is 11.0 Å². The molecule has 204 valence electrons. The highest BCUT2D eigenvalue weighted by Gasteiger charge is 2.21. The Morgan fingerprint density at radius 3 is 2.40 bits per heavy atom. The van der Waals surface area contributed by atoms with E-state index in [0.29, 0.717) is 59.8 Å². The van der Waals surface area contributed by atoms with Gasteiger partial charge in [0, 0.05) is 55.5 Å². The highest BCUT2D eigenvalue weighted by atomic mass is 16.2. The molecule has 4 aromatic rings. The number of likely N-dealkylation sites (tertiary alicyclic amines) is 1. The van der Waals surface area contributed by atoms with Gasteiger partial charge in [-0.15, -0.1) is 0 Å². The highest BCUT2D eigenvalue weighted by molar-refractivity contribution is 6.07. The maximum atomic E-state index is 13.2. The number of nitrogens with zero attached hydrogens (tertiary/aromatic N) is 4. The van der Waals surface area contributed by atoms with Crippen molar-refractivity contribution in [3.8, 4) is 0 Å². The molecule has 0 atom stereocenters. The van der Waals surface area contributed by atoms with E-state index in [0.717, 1.165) is 18.5 Å². The van der Waals surface area contributed by atoms with E-state index in [1.807, 2.05) is 45.9 Å². The van der Waals surface area contributed by atoms with Crippen molar-refractivity contribution < 1.29 is 19.2 Å². The molecule has 0 spiro atoms. The Balaban J connectivity index is 1.44. The maximum Gasteiger partial charge on any atom is 0.258 e. The molecule has 3 aromatic carbocycles. The largest absolute Gasteiger partial charge is 0.343 e. The maximum absolute atomic E-state index is 13.2. The fourth-order valence-corrected chi connectivity index (χ4v) is 4.95. The van der Waals surface area contributed by atoms with E-state index in [2.05, 4.69) is 5.32 Å². The monoisotopic (exact) mass is 537 g/mol. The molecular formula is C31H31N5O4. The van der Waals surface area contributed by atoms with E-state index in [4.69, 9.17) is 4.98 Å². The molecule has 1 aliphatic rings. The summed E-state index contributed by atoms with van der Waals surface area (Å²) in [7, 11) is 1.71. The Morgan fingerprint density at radius 1 is 0.925 bits per heavy atom. The Kier molecular flexibility index (Phi) is 7.72. The third-order valence-corrected chi connectivity index (χ3v) is 7.18. The lowest BCUT2D eigenvalue weighted by Crippen LogP contribution is -2.26. The summed E-state index contributed by atoms with van der Waals surface area (Å²) < 4.78 is 1.92. The van der Waals surface area contributed by atoms with Crippen LogP contribution in [0.15, 0.2) is 72.8 Å². The number of imidazole rings is 1. The summed E-state index contributed by atoms with van der Waals surface area (Å²) in [5, 5.41) is 2.91. The first-order valence-electron chi connectivity index (χ1n) is 13.4. The van der Waals surface area contributed by atoms with E-state index in [9.17, 15) is 19.2 Å². The minimum Gasteiger partial charge on any atom is -0.343 e. The molecule has 1 N–H and O–H groups in total. The number of rotatable bonds is 9. The number of carbonyl (C=O) groups is 4. The van der Waals surface area contributed by atoms with Crippen LogP contribution in [-0.4, -0.2) is 58.1 Å². The van der Waals surface area contributed by atoms with Crippen LogP contribution in [0.25, 0.3) is 11.0 Å². The second-order valence-corrected chi connectivity index (χ2v) is 9.92. The second kappa shape index (κ2) is 11.5. The number of hydrogen-bond acceptors (Lipinski definition) is 5. The van der Waals surface area contributed by atoms with Crippen LogP contribution in [0, 0.1) is 0 Å². The van der Waals surface area contributed by atoms with Crippen molar-refractivity contribution in [3.05, 3.63) is 89.5 Å². The van der Waals surface area contributed by atoms with Gasteiger partial charge in [0.15, 0.2) is 5.78 Å². The molecule has 9 heteroatoms. The average molecular weight is 538 g/mol. The summed E-state index contributed by atoms with van der Waals surface area (Å²) in [6.45, 7) is 3.38. The normalized spacial score (nSPS) is 13.1. The van der Waals surface area contributed by atoms with Crippen molar-refractivity contribution >= 4 is 46.2 Å². The van der Waals surface area contributed by atoms with Gasteiger partial charge in [0.1, 0.15) is 0 Å². The molecule has 1 saturated heterocycles. The first-order valence-corrected chi connectivity index (χ1v) is 13.4. The van der Waals surface area contributed by atoms with Crippen molar-refractivity contribution in [2.24, 2.45) is 0 Å². The molecule has 1 aliphatic heterocycles. The van der Waals surface area contributed by atoms with Crippen LogP contribution in [-0.2, 0) is 11.3 Å². The number of aromatic nitrogens is 2. The number of carbonyl (C=O) groups excluding carboxylic acids is 4. The molecule has 3 amide bonds. The molecule has 1 fully saturated rings. The smallest absolute Gasteiger partial charge is 0.258 e. The van der Waals surface area contributed by atoms with Gasteiger partial charge in [0.25, 0.3) is 11.8 Å². The number of fused-ring (bicyclic) bond motifs is 1. The van der Waals surface area contributed by atoms with Gasteiger partial charge < -0.3 is 14.4 Å². The minimum absolute atomic E-state index is 0.125. The minimum atomic E-state index is -0.383. The predicted octanol–water partition coefficient (Wildman–Crippen LogP) is 4.78. The molecule has 0 aliphatic carbocycles. The zero-order chi connectivity index (χ0) is 28.2. The average Bonchev–Trinajstić information content (AvgIpc) is 3.54. The fraction of sp³-hybridized carbons (Fsp3) is 0.258. The van der Waals surface area contributed by atoms with Crippen molar-refractivity contribution in [2.75, 3.05) is 30.4 Å². The van der Waals surface area contributed by atoms with Crippen molar-refractivity contribution in [3.63, 3.8) is 0 Å². The molecule has 0 saturated carbocycles. The van der Waals surface area contributed by atoms with E-state index in [1.54, 1.807) is 48.3 Å². The second-order valence-electron chi connectivity index (χ2n) is 9.92. The number of anilines is 2. The number of ketones is 1. The van der Waals surface area contributed by atoms with Gasteiger partial charge in [-0.2, -0.15) is 0 Å². The quantitative estimate of drug-likeness (QED) is 0.310. The Bertz CT molecular complexity index is 1590. The number of benzene rings is 3. The zero-order valence-electron chi connectivity index (χ0n) is 22.6. The van der Waals surface area contributed by atoms with Crippen LogP contribution in [0.1, 0.15) is 57.3 Å². The van der Waals surface area contributed by atoms with Crippen LogP contribution < -0.4 is 10.2 Å². The van der Waals surface area contributed by atoms with E-state index in [1.165, 1.54) is 6.92 Å². The summed E-state index contributed by atoms with van der Waals surface area (Å²) in [5.41, 5.74) is 3.46. The van der Waals surface area contributed by atoms with Crippen molar-refractivity contribution in [1.82, 2.24) is 14.5 Å². The SMILES string of the molecule is CC(=O)c1cccc(C(=O)Nc2nc3cc(N(C)C(=O)c4ccccc4)ccc3n2CCCN2CCCC2=O)c1. The molecule has 40 heavy (non-hydrogen) atoms. The topological polar surface area (TPSA) is 105 Å². The molecule has 2 heterocycles. The van der Waals surface area contributed by atoms with E-state index >= 15 is 0 Å². The van der Waals surface area contributed by atoms with Gasteiger partial charge in [0.2, 0.25) is 11.9 Å². The van der Waals surface area contributed by atoms with Gasteiger partial charge in [-0.05, 0) is 62.2 Å². The molecule has 0 unspecified atom stereocenters. The van der Waals surface area contributed by atoms with Gasteiger partial charge in [-0.25, -0.2) is 4.98 Å². The summed E-state index contributed by atoms with van der Waals surface area (Å²) in [4.78, 5) is 58.3. The lowest BCUT2D eigenvalue weighted by molar-refractivity contribution is -0.127. The molecule has 0 bridgehead atoms. The summed E-state index contributed by atoms with van der Waals surface area (Å²) in [6.07, 6.45) is 2.16. The van der Waals surface area contributed by atoms with E-state index in [-0.39, 0.29) is 23.5 Å². The lowest BCUT2D eigenvalue weighted by Gasteiger charge is -2.18. The summed E-state index contributed by atoms with van der Waals surface area (Å²) in [5.74, 6) is -0.125.